The van der Waals surface area contributed by atoms with E-state index in [0.717, 1.165) is 18.4 Å². The molecule has 0 radical (unpaired) electrons. The monoisotopic (exact) mass is 302 g/mol. The van der Waals surface area contributed by atoms with Crippen molar-refractivity contribution in [3.8, 4) is 5.75 Å². The van der Waals surface area contributed by atoms with Crippen molar-refractivity contribution in [1.82, 2.24) is 5.32 Å². The van der Waals surface area contributed by atoms with Crippen LogP contribution in [-0.2, 0) is 4.79 Å². The number of fused-ring (bicyclic) bond motifs is 1. The van der Waals surface area contributed by atoms with Gasteiger partial charge in [-0.25, -0.2) is 4.39 Å². The molecule has 6 heteroatoms. The highest BCUT2D eigenvalue weighted by atomic mass is 35.5. The number of hydrogen-bond donors (Lipinski definition) is 2. The third-order valence-electron chi connectivity index (χ3n) is 3.09. The van der Waals surface area contributed by atoms with Crippen molar-refractivity contribution in [1.29, 1.82) is 0 Å². The second kappa shape index (κ2) is 7.45. The van der Waals surface area contributed by atoms with Crippen LogP contribution in [0.2, 0.25) is 0 Å². The Kier molecular flexibility index (Phi) is 6.23. The van der Waals surface area contributed by atoms with Crippen molar-refractivity contribution in [3.05, 3.63) is 29.6 Å². The molecule has 1 heterocycles. The van der Waals surface area contributed by atoms with Gasteiger partial charge in [-0.2, -0.15) is 0 Å². The number of amides is 1. The predicted molar refractivity (Wildman–Crippen MR) is 77.5 cm³/mol. The molecule has 1 aromatic carbocycles. The zero-order valence-electron chi connectivity index (χ0n) is 11.4. The number of carbonyl (C=O) groups excluding carboxylic acids is 1. The molecule has 4 nitrogen and oxygen atoms in total. The summed E-state index contributed by atoms with van der Waals surface area (Å²) in [5.41, 5.74) is 6.44. The summed E-state index contributed by atoms with van der Waals surface area (Å²) in [6.45, 7) is 2.33. The summed E-state index contributed by atoms with van der Waals surface area (Å²) in [7, 11) is 0. The molecule has 0 fully saturated rings. The van der Waals surface area contributed by atoms with Crippen LogP contribution in [0, 0.1) is 5.82 Å². The number of rotatable bonds is 3. The summed E-state index contributed by atoms with van der Waals surface area (Å²) in [4.78, 5) is 11.8. The lowest BCUT2D eigenvalue weighted by Gasteiger charge is -2.19. The van der Waals surface area contributed by atoms with E-state index in [1.165, 1.54) is 12.1 Å². The molecule has 1 aliphatic rings. The van der Waals surface area contributed by atoms with Gasteiger partial charge in [0.15, 0.2) is 0 Å². The van der Waals surface area contributed by atoms with Gasteiger partial charge < -0.3 is 15.8 Å². The average molecular weight is 303 g/mol. The zero-order chi connectivity index (χ0) is 13.8. The second-order valence-electron chi connectivity index (χ2n) is 4.97. The minimum Gasteiger partial charge on any atom is -0.493 e. The zero-order valence-corrected chi connectivity index (χ0v) is 12.2. The van der Waals surface area contributed by atoms with Crippen LogP contribution in [0.4, 0.5) is 4.39 Å². The molecule has 3 N–H and O–H groups in total. The molecule has 0 aromatic heterocycles. The summed E-state index contributed by atoms with van der Waals surface area (Å²) in [5.74, 6) is 0.0991. The Labute approximate surface area is 124 Å². The number of halogens is 2. The van der Waals surface area contributed by atoms with Crippen LogP contribution in [0.15, 0.2) is 18.2 Å². The third-order valence-corrected chi connectivity index (χ3v) is 3.09. The van der Waals surface area contributed by atoms with Crippen LogP contribution < -0.4 is 15.8 Å². The average Bonchev–Trinajstić information content (AvgIpc) is 2.50. The molecule has 0 bridgehead atoms. The van der Waals surface area contributed by atoms with Crippen molar-refractivity contribution in [2.75, 3.05) is 6.61 Å². The Hall–Kier alpha value is -1.33. The van der Waals surface area contributed by atoms with Gasteiger partial charge in [0.05, 0.1) is 12.6 Å². The second-order valence-corrected chi connectivity index (χ2v) is 4.97. The predicted octanol–water partition coefficient (Wildman–Crippen LogP) is 2.31. The summed E-state index contributed by atoms with van der Waals surface area (Å²) >= 11 is 0. The van der Waals surface area contributed by atoms with E-state index in [1.54, 1.807) is 13.0 Å². The fourth-order valence-corrected chi connectivity index (χ4v) is 2.24. The molecule has 1 aliphatic heterocycles. The van der Waals surface area contributed by atoms with Crippen molar-refractivity contribution < 1.29 is 13.9 Å². The number of hydrogen-bond acceptors (Lipinski definition) is 3. The van der Waals surface area contributed by atoms with E-state index in [4.69, 9.17) is 10.5 Å². The van der Waals surface area contributed by atoms with Crippen LogP contribution in [0.5, 0.6) is 5.75 Å². The maximum Gasteiger partial charge on any atom is 0.222 e. The molecule has 2 unspecified atom stereocenters. The van der Waals surface area contributed by atoms with E-state index in [9.17, 15) is 9.18 Å². The number of nitrogens with two attached hydrogens (primary N) is 1. The van der Waals surface area contributed by atoms with E-state index in [1.807, 2.05) is 0 Å². The van der Waals surface area contributed by atoms with Crippen LogP contribution in [0.1, 0.15) is 37.8 Å². The fraction of sp³-hybridized carbons (Fsp3) is 0.500. The Morgan fingerprint density at radius 3 is 3.05 bits per heavy atom. The van der Waals surface area contributed by atoms with Gasteiger partial charge in [-0.05, 0) is 25.8 Å². The van der Waals surface area contributed by atoms with Gasteiger partial charge in [0.1, 0.15) is 11.6 Å². The molecule has 0 saturated carbocycles. The molecule has 112 valence electrons. The maximum absolute atomic E-state index is 13.2. The third kappa shape index (κ3) is 4.35. The summed E-state index contributed by atoms with van der Waals surface area (Å²) in [5, 5.41) is 2.94. The minimum atomic E-state index is -0.332. The highest BCUT2D eigenvalue weighted by molar-refractivity contribution is 5.85. The van der Waals surface area contributed by atoms with Crippen molar-refractivity contribution in [2.24, 2.45) is 5.73 Å². The summed E-state index contributed by atoms with van der Waals surface area (Å²) < 4.78 is 18.7. The molecular formula is C14H20ClFN2O2. The van der Waals surface area contributed by atoms with E-state index in [2.05, 4.69) is 5.32 Å². The highest BCUT2D eigenvalue weighted by Gasteiger charge is 2.22. The van der Waals surface area contributed by atoms with Gasteiger partial charge in [0.25, 0.3) is 0 Å². The minimum absolute atomic E-state index is 0. The first-order valence-electron chi connectivity index (χ1n) is 6.53. The molecule has 2 rings (SSSR count). The van der Waals surface area contributed by atoms with Gasteiger partial charge in [-0.3, -0.25) is 4.79 Å². The first kappa shape index (κ1) is 16.7. The van der Waals surface area contributed by atoms with Gasteiger partial charge in [-0.15, -0.1) is 12.4 Å². The number of carbonyl (C=O) groups is 1. The lowest BCUT2D eigenvalue weighted by Crippen LogP contribution is -2.32. The number of ether oxygens (including phenoxy) is 1. The van der Waals surface area contributed by atoms with Gasteiger partial charge in [-0.1, -0.05) is 6.07 Å². The lowest BCUT2D eigenvalue weighted by molar-refractivity contribution is -0.122. The Balaban J connectivity index is 0.00000200. The molecular weight excluding hydrogens is 283 g/mol. The van der Waals surface area contributed by atoms with Crippen molar-refractivity contribution in [3.63, 3.8) is 0 Å². The SMILES string of the molecule is CC(N)CC(=O)NC1CCCOc2cc(F)ccc21.Cl. The van der Waals surface area contributed by atoms with Gasteiger partial charge in [0, 0.05) is 24.1 Å². The van der Waals surface area contributed by atoms with Gasteiger partial charge in [0.2, 0.25) is 5.91 Å². The maximum atomic E-state index is 13.2. The van der Waals surface area contributed by atoms with Crippen LogP contribution in [-0.4, -0.2) is 18.6 Å². The molecule has 2 atom stereocenters. The normalized spacial score (nSPS) is 18.9. The summed E-state index contributed by atoms with van der Waals surface area (Å²) in [6.07, 6.45) is 1.89. The Morgan fingerprint density at radius 1 is 1.60 bits per heavy atom. The number of nitrogens with one attached hydrogen (secondary N) is 1. The standard InChI is InChI=1S/C14H19FN2O2.ClH/c1-9(16)7-14(18)17-12-3-2-6-19-13-8-10(15)4-5-11(12)13;/h4-5,8-9,12H,2-3,6-7,16H2,1H3,(H,17,18);1H. The van der Waals surface area contributed by atoms with E-state index >= 15 is 0 Å². The lowest BCUT2D eigenvalue weighted by atomic mass is 10.0. The highest BCUT2D eigenvalue weighted by Crippen LogP contribution is 2.32. The summed E-state index contributed by atoms with van der Waals surface area (Å²) in [6, 6.07) is 4.12. The molecule has 0 spiro atoms. The molecule has 1 amide bonds. The fourth-order valence-electron chi connectivity index (χ4n) is 2.24. The van der Waals surface area contributed by atoms with Crippen molar-refractivity contribution >= 4 is 18.3 Å². The van der Waals surface area contributed by atoms with Gasteiger partial charge >= 0.3 is 0 Å². The van der Waals surface area contributed by atoms with Crippen LogP contribution >= 0.6 is 12.4 Å². The smallest absolute Gasteiger partial charge is 0.222 e. The van der Waals surface area contributed by atoms with E-state index in [-0.39, 0.29) is 42.6 Å². The first-order valence-corrected chi connectivity index (χ1v) is 6.53. The molecule has 20 heavy (non-hydrogen) atoms. The topological polar surface area (TPSA) is 64.4 Å². The van der Waals surface area contributed by atoms with Crippen molar-refractivity contribution in [2.45, 2.75) is 38.3 Å². The van der Waals surface area contributed by atoms with Crippen LogP contribution in [0.25, 0.3) is 0 Å². The largest absolute Gasteiger partial charge is 0.493 e. The van der Waals surface area contributed by atoms with Crippen LogP contribution in [0.3, 0.4) is 0 Å². The number of benzene rings is 1. The molecule has 1 aromatic rings. The van der Waals surface area contributed by atoms with E-state index in [0.29, 0.717) is 12.4 Å². The van der Waals surface area contributed by atoms with E-state index < -0.39 is 0 Å². The Morgan fingerprint density at radius 2 is 2.35 bits per heavy atom. The Bertz CT molecular complexity index is 468. The molecule has 0 saturated heterocycles. The quantitative estimate of drug-likeness (QED) is 0.900. The first-order chi connectivity index (χ1) is 9.06. The molecule has 0 aliphatic carbocycles.